The number of amides is 1. The second kappa shape index (κ2) is 10.1. The Morgan fingerprint density at radius 3 is 2.48 bits per heavy atom. The molecule has 1 unspecified atom stereocenters. The van der Waals surface area contributed by atoms with Gasteiger partial charge in [0, 0.05) is 22.3 Å². The Bertz CT molecular complexity index is 1170. The molecule has 1 aliphatic rings. The van der Waals surface area contributed by atoms with Crippen LogP contribution in [0.1, 0.15) is 39.7 Å². The standard InChI is InChI=1S/C26H28N2O4S/c1-16-5-11-21-23(13-16)33-26(27-15-17-14-20(31-3)10-12-22(17)32-4)24(21)25(29)28-18-6-8-19(30-2)9-7-18/h6-10,12,14-16H,5,11,13H2,1-4H3,(H,28,29). The van der Waals surface area contributed by atoms with Crippen LogP contribution in [0.2, 0.25) is 0 Å². The molecule has 0 saturated heterocycles. The maximum absolute atomic E-state index is 13.4. The van der Waals surface area contributed by atoms with Gasteiger partial charge in [-0.05, 0) is 73.2 Å². The number of ether oxygens (including phenoxy) is 3. The third kappa shape index (κ3) is 5.03. The second-order valence-corrected chi connectivity index (χ2v) is 9.16. The number of benzene rings is 2. The summed E-state index contributed by atoms with van der Waals surface area (Å²) in [6.07, 6.45) is 4.67. The van der Waals surface area contributed by atoms with E-state index in [1.807, 2.05) is 42.5 Å². The quantitative estimate of drug-likeness (QED) is 0.442. The average molecular weight is 465 g/mol. The predicted octanol–water partition coefficient (Wildman–Crippen LogP) is 5.90. The first-order valence-corrected chi connectivity index (χ1v) is 11.7. The van der Waals surface area contributed by atoms with Gasteiger partial charge >= 0.3 is 0 Å². The van der Waals surface area contributed by atoms with Crippen LogP contribution in [0.3, 0.4) is 0 Å². The summed E-state index contributed by atoms with van der Waals surface area (Å²) in [4.78, 5) is 19.4. The molecular formula is C26H28N2O4S. The van der Waals surface area contributed by atoms with E-state index in [4.69, 9.17) is 19.2 Å². The number of aliphatic imine (C=N–C) groups is 1. The number of methoxy groups -OCH3 is 3. The van der Waals surface area contributed by atoms with Crippen molar-refractivity contribution < 1.29 is 19.0 Å². The number of fused-ring (bicyclic) bond motifs is 1. The topological polar surface area (TPSA) is 69.2 Å². The fourth-order valence-electron chi connectivity index (χ4n) is 4.00. The lowest BCUT2D eigenvalue weighted by molar-refractivity contribution is 0.102. The number of carbonyl (C=O) groups excluding carboxylic acids is 1. The molecule has 0 fully saturated rings. The number of hydrogen-bond donors (Lipinski definition) is 1. The summed E-state index contributed by atoms with van der Waals surface area (Å²) in [6.45, 7) is 2.25. The molecule has 0 radical (unpaired) electrons. The summed E-state index contributed by atoms with van der Waals surface area (Å²) in [5.41, 5.74) is 3.29. The van der Waals surface area contributed by atoms with Crippen molar-refractivity contribution in [2.45, 2.75) is 26.2 Å². The number of carbonyl (C=O) groups is 1. The fraction of sp³-hybridized carbons (Fsp3) is 0.308. The highest BCUT2D eigenvalue weighted by molar-refractivity contribution is 7.16. The molecule has 3 aromatic rings. The minimum absolute atomic E-state index is 0.142. The third-order valence-electron chi connectivity index (χ3n) is 5.83. The molecule has 1 amide bonds. The average Bonchev–Trinajstić information content (AvgIpc) is 3.20. The van der Waals surface area contributed by atoms with Gasteiger partial charge in [-0.3, -0.25) is 4.79 Å². The van der Waals surface area contributed by atoms with Crippen LogP contribution in [0.15, 0.2) is 47.5 Å². The van der Waals surface area contributed by atoms with Gasteiger partial charge in [0.05, 0.1) is 26.9 Å². The molecule has 1 aliphatic carbocycles. The summed E-state index contributed by atoms with van der Waals surface area (Å²) < 4.78 is 16.0. The van der Waals surface area contributed by atoms with E-state index in [0.29, 0.717) is 33.7 Å². The second-order valence-electron chi connectivity index (χ2n) is 8.08. The number of anilines is 1. The lowest BCUT2D eigenvalue weighted by Crippen LogP contribution is -2.16. The normalized spacial score (nSPS) is 15.2. The van der Waals surface area contributed by atoms with Crippen LogP contribution in [0.25, 0.3) is 0 Å². The van der Waals surface area contributed by atoms with Crippen molar-refractivity contribution in [3.63, 3.8) is 0 Å². The first kappa shape index (κ1) is 22.9. The van der Waals surface area contributed by atoms with Crippen molar-refractivity contribution >= 4 is 34.1 Å². The molecule has 1 heterocycles. The Kier molecular flexibility index (Phi) is 6.99. The SMILES string of the molecule is COc1ccc(NC(=O)c2c(N=Cc3cc(OC)ccc3OC)sc3c2CCC(C)C3)cc1. The summed E-state index contributed by atoms with van der Waals surface area (Å²) >= 11 is 1.60. The highest BCUT2D eigenvalue weighted by atomic mass is 32.1. The predicted molar refractivity (Wildman–Crippen MR) is 133 cm³/mol. The van der Waals surface area contributed by atoms with Gasteiger partial charge in [-0.25, -0.2) is 4.99 Å². The van der Waals surface area contributed by atoms with Gasteiger partial charge in [-0.15, -0.1) is 11.3 Å². The molecule has 1 N–H and O–H groups in total. The zero-order valence-corrected chi connectivity index (χ0v) is 20.1. The summed E-state index contributed by atoms with van der Waals surface area (Å²) in [5, 5.41) is 3.74. The van der Waals surface area contributed by atoms with E-state index < -0.39 is 0 Å². The highest BCUT2D eigenvalue weighted by Crippen LogP contribution is 2.41. The van der Waals surface area contributed by atoms with Gasteiger partial charge in [0.25, 0.3) is 5.91 Å². The zero-order valence-electron chi connectivity index (χ0n) is 19.3. The van der Waals surface area contributed by atoms with Gasteiger partial charge in [-0.1, -0.05) is 6.92 Å². The Hall–Kier alpha value is -3.32. The van der Waals surface area contributed by atoms with E-state index in [9.17, 15) is 4.79 Å². The van der Waals surface area contributed by atoms with E-state index >= 15 is 0 Å². The van der Waals surface area contributed by atoms with Crippen molar-refractivity contribution in [1.82, 2.24) is 0 Å². The minimum atomic E-state index is -0.142. The van der Waals surface area contributed by atoms with E-state index in [1.54, 1.807) is 38.9 Å². The van der Waals surface area contributed by atoms with Crippen molar-refractivity contribution in [1.29, 1.82) is 0 Å². The molecular weight excluding hydrogens is 436 g/mol. The summed E-state index contributed by atoms with van der Waals surface area (Å²) in [7, 11) is 4.87. The third-order valence-corrected chi connectivity index (χ3v) is 6.99. The molecule has 1 atom stereocenters. The smallest absolute Gasteiger partial charge is 0.259 e. The first-order valence-electron chi connectivity index (χ1n) is 10.9. The molecule has 0 aliphatic heterocycles. The molecule has 33 heavy (non-hydrogen) atoms. The summed E-state index contributed by atoms with van der Waals surface area (Å²) in [6, 6.07) is 12.9. The van der Waals surface area contributed by atoms with Crippen LogP contribution in [0.5, 0.6) is 17.2 Å². The fourth-order valence-corrected chi connectivity index (χ4v) is 5.35. The Labute approximate surface area is 198 Å². The van der Waals surface area contributed by atoms with Crippen LogP contribution in [-0.2, 0) is 12.8 Å². The lowest BCUT2D eigenvalue weighted by Gasteiger charge is -2.18. The summed E-state index contributed by atoms with van der Waals surface area (Å²) in [5.74, 6) is 2.61. The van der Waals surface area contributed by atoms with E-state index in [1.165, 1.54) is 4.88 Å². The maximum Gasteiger partial charge on any atom is 0.259 e. The largest absolute Gasteiger partial charge is 0.497 e. The van der Waals surface area contributed by atoms with Crippen LogP contribution in [-0.4, -0.2) is 33.5 Å². The van der Waals surface area contributed by atoms with Gasteiger partial charge in [0.2, 0.25) is 0 Å². The highest BCUT2D eigenvalue weighted by Gasteiger charge is 2.27. The van der Waals surface area contributed by atoms with Crippen LogP contribution in [0, 0.1) is 5.92 Å². The monoisotopic (exact) mass is 464 g/mol. The molecule has 7 heteroatoms. The number of rotatable bonds is 7. The molecule has 0 bridgehead atoms. The van der Waals surface area contributed by atoms with Crippen LogP contribution >= 0.6 is 11.3 Å². The molecule has 4 rings (SSSR count). The van der Waals surface area contributed by atoms with Gasteiger partial charge in [0.15, 0.2) is 0 Å². The zero-order chi connectivity index (χ0) is 23.4. The van der Waals surface area contributed by atoms with E-state index in [-0.39, 0.29) is 5.91 Å². The van der Waals surface area contributed by atoms with Gasteiger partial charge in [0.1, 0.15) is 22.2 Å². The number of nitrogens with one attached hydrogen (secondary N) is 1. The van der Waals surface area contributed by atoms with Crippen molar-refractivity contribution in [2.24, 2.45) is 10.9 Å². The minimum Gasteiger partial charge on any atom is -0.497 e. The first-order chi connectivity index (χ1) is 16.0. The van der Waals surface area contributed by atoms with E-state index in [0.717, 1.165) is 36.1 Å². The number of hydrogen-bond acceptors (Lipinski definition) is 6. The van der Waals surface area contributed by atoms with Gasteiger partial charge in [-0.2, -0.15) is 0 Å². The lowest BCUT2D eigenvalue weighted by atomic mass is 9.88. The van der Waals surface area contributed by atoms with Crippen molar-refractivity contribution in [3.05, 3.63) is 64.0 Å². The van der Waals surface area contributed by atoms with Crippen molar-refractivity contribution in [2.75, 3.05) is 26.6 Å². The molecule has 1 aromatic heterocycles. The van der Waals surface area contributed by atoms with Crippen LogP contribution < -0.4 is 19.5 Å². The molecule has 0 spiro atoms. The van der Waals surface area contributed by atoms with Crippen LogP contribution in [0.4, 0.5) is 10.7 Å². The number of nitrogens with zero attached hydrogens (tertiary/aromatic N) is 1. The maximum atomic E-state index is 13.4. The molecule has 0 saturated carbocycles. The molecule has 6 nitrogen and oxygen atoms in total. The Balaban J connectivity index is 1.69. The molecule has 172 valence electrons. The van der Waals surface area contributed by atoms with E-state index in [2.05, 4.69) is 12.2 Å². The Morgan fingerprint density at radius 2 is 1.79 bits per heavy atom. The van der Waals surface area contributed by atoms with Gasteiger partial charge < -0.3 is 19.5 Å². The number of thiophene rings is 1. The van der Waals surface area contributed by atoms with Crippen molar-refractivity contribution in [3.8, 4) is 17.2 Å². The Morgan fingerprint density at radius 1 is 1.06 bits per heavy atom. The molecule has 2 aromatic carbocycles.